The Balaban J connectivity index is 3.46. The molecule has 36 heavy (non-hydrogen) atoms. The summed E-state index contributed by atoms with van der Waals surface area (Å²) < 4.78 is 0. The minimum atomic E-state index is 0.997. The normalized spacial score (nSPS) is 12.4. The summed E-state index contributed by atoms with van der Waals surface area (Å²) in [6, 6.07) is 0. The monoisotopic (exact) mass is 506 g/mol. The van der Waals surface area contributed by atoms with Gasteiger partial charge in [-0.25, -0.2) is 0 Å². The van der Waals surface area contributed by atoms with Gasteiger partial charge < -0.3 is 0 Å². The Morgan fingerprint density at radius 3 is 0.778 bits per heavy atom. The van der Waals surface area contributed by atoms with Gasteiger partial charge in [-0.2, -0.15) is 0 Å². The first-order chi connectivity index (χ1) is 17.8. The van der Waals surface area contributed by atoms with Gasteiger partial charge in [-0.1, -0.05) is 226 Å². The van der Waals surface area contributed by atoms with Gasteiger partial charge in [0.05, 0.1) is 0 Å². The molecule has 1 atom stereocenters. The Bertz CT molecular complexity index is 359. The molecular weight excluding hydrogens is 432 g/mol. The molecule has 0 spiro atoms. The zero-order chi connectivity index (χ0) is 26.2. The molecule has 0 aliphatic rings. The van der Waals surface area contributed by atoms with Crippen LogP contribution in [0.15, 0.2) is 0 Å². The minimum absolute atomic E-state index is 0.997. The van der Waals surface area contributed by atoms with Gasteiger partial charge in [-0.3, -0.25) is 0 Å². The van der Waals surface area contributed by atoms with E-state index in [2.05, 4.69) is 20.8 Å². The molecule has 0 aromatic rings. The molecule has 0 aromatic carbocycles. The number of rotatable bonds is 32. The smallest absolute Gasteiger partial charge is 0.0414 e. The van der Waals surface area contributed by atoms with Crippen molar-refractivity contribution in [2.75, 3.05) is 0 Å². The van der Waals surface area contributed by atoms with Crippen molar-refractivity contribution in [3.05, 3.63) is 6.92 Å². The van der Waals surface area contributed by atoms with Crippen LogP contribution in [-0.4, -0.2) is 0 Å². The fraction of sp³-hybridized carbons (Fsp3) is 0.972. The molecular formula is C36H73. The van der Waals surface area contributed by atoms with E-state index < -0.39 is 0 Å². The Hall–Kier alpha value is 0. The Morgan fingerprint density at radius 2 is 0.528 bits per heavy atom. The summed E-state index contributed by atoms with van der Waals surface area (Å²) >= 11 is 0. The summed E-state index contributed by atoms with van der Waals surface area (Å²) in [5.74, 6) is 0.997. The van der Waals surface area contributed by atoms with Crippen molar-refractivity contribution in [3.63, 3.8) is 0 Å². The van der Waals surface area contributed by atoms with Gasteiger partial charge >= 0.3 is 0 Å². The lowest BCUT2D eigenvalue weighted by Gasteiger charge is -2.16. The highest BCUT2D eigenvalue weighted by atomic mass is 14.1. The van der Waals surface area contributed by atoms with Crippen LogP contribution in [0.2, 0.25) is 0 Å². The van der Waals surface area contributed by atoms with Crippen molar-refractivity contribution in [3.8, 4) is 0 Å². The first-order valence-electron chi connectivity index (χ1n) is 17.6. The van der Waals surface area contributed by atoms with Crippen LogP contribution in [0.5, 0.6) is 0 Å². The van der Waals surface area contributed by atoms with Crippen molar-refractivity contribution in [2.24, 2.45) is 5.92 Å². The van der Waals surface area contributed by atoms with Gasteiger partial charge in [-0.05, 0) is 5.92 Å². The quantitative estimate of drug-likeness (QED) is 0.0797. The van der Waals surface area contributed by atoms with E-state index in [9.17, 15) is 0 Å². The lowest BCUT2D eigenvalue weighted by Crippen LogP contribution is -2.01. The molecule has 0 aliphatic carbocycles. The molecule has 0 amide bonds. The summed E-state index contributed by atoms with van der Waals surface area (Å²) in [7, 11) is 0. The van der Waals surface area contributed by atoms with Gasteiger partial charge in [0.1, 0.15) is 0 Å². The van der Waals surface area contributed by atoms with E-state index in [1.54, 1.807) is 0 Å². The Labute approximate surface area is 232 Å². The Kier molecular flexibility index (Phi) is 33.0. The molecule has 0 nitrogen and oxygen atoms in total. The van der Waals surface area contributed by atoms with Gasteiger partial charge in [-0.15, -0.1) is 0 Å². The molecule has 0 heterocycles. The molecule has 217 valence electrons. The highest BCUT2D eigenvalue weighted by molar-refractivity contribution is 4.62. The summed E-state index contributed by atoms with van der Waals surface area (Å²) in [6.07, 6.45) is 46.6. The van der Waals surface area contributed by atoms with E-state index in [4.69, 9.17) is 0 Å². The van der Waals surface area contributed by atoms with Crippen LogP contribution in [0.25, 0.3) is 0 Å². The summed E-state index contributed by atoms with van der Waals surface area (Å²) in [4.78, 5) is 0. The maximum absolute atomic E-state index is 4.10. The maximum atomic E-state index is 4.10. The van der Waals surface area contributed by atoms with E-state index in [1.165, 1.54) is 199 Å². The second kappa shape index (κ2) is 33.0. The van der Waals surface area contributed by atoms with Crippen LogP contribution in [0.4, 0.5) is 0 Å². The molecule has 0 aromatic heterocycles. The fourth-order valence-electron chi connectivity index (χ4n) is 5.94. The third-order valence-electron chi connectivity index (χ3n) is 8.54. The highest BCUT2D eigenvalue weighted by Crippen LogP contribution is 2.24. The van der Waals surface area contributed by atoms with E-state index in [1.807, 2.05) is 0 Å². The van der Waals surface area contributed by atoms with Crippen molar-refractivity contribution < 1.29 is 0 Å². The van der Waals surface area contributed by atoms with Crippen LogP contribution in [0.3, 0.4) is 0 Å². The predicted molar refractivity (Wildman–Crippen MR) is 168 cm³/mol. The molecule has 0 N–H and O–H groups in total. The topological polar surface area (TPSA) is 0 Å². The van der Waals surface area contributed by atoms with E-state index in [0.29, 0.717) is 0 Å². The molecule has 1 unspecified atom stereocenters. The lowest BCUT2D eigenvalue weighted by molar-refractivity contribution is 0.372. The van der Waals surface area contributed by atoms with Crippen LogP contribution in [-0.2, 0) is 0 Å². The van der Waals surface area contributed by atoms with Gasteiger partial charge in [0.25, 0.3) is 0 Å². The Morgan fingerprint density at radius 1 is 0.306 bits per heavy atom. The van der Waals surface area contributed by atoms with Crippen LogP contribution in [0, 0.1) is 12.8 Å². The highest BCUT2D eigenvalue weighted by Gasteiger charge is 2.08. The van der Waals surface area contributed by atoms with Crippen molar-refractivity contribution in [1.29, 1.82) is 0 Å². The molecule has 0 fully saturated rings. The average Bonchev–Trinajstić information content (AvgIpc) is 2.89. The number of hydrogen-bond acceptors (Lipinski definition) is 0. The van der Waals surface area contributed by atoms with Crippen LogP contribution < -0.4 is 0 Å². The lowest BCUT2D eigenvalue weighted by atomic mass is 9.90. The van der Waals surface area contributed by atoms with E-state index in [-0.39, 0.29) is 0 Å². The van der Waals surface area contributed by atoms with E-state index in [0.717, 1.165) is 12.3 Å². The molecule has 1 radical (unpaired) electrons. The second-order valence-electron chi connectivity index (χ2n) is 12.3. The number of hydrogen-bond donors (Lipinski definition) is 0. The third kappa shape index (κ3) is 30.2. The predicted octanol–water partition coefficient (Wildman–Crippen LogP) is 14.0. The standard InChI is InChI=1S/C36H73/c1-4-7-10-12-14-16-18-20-21-22-24-26-28-30-32-35-36(33-9-6-3)34-31-29-27-25-23-19-17-15-13-11-8-5-2/h36H,3-35H2,1-2H3. The summed E-state index contributed by atoms with van der Waals surface area (Å²) in [5, 5.41) is 0. The maximum Gasteiger partial charge on any atom is -0.0414 e. The molecule has 0 aliphatic heterocycles. The van der Waals surface area contributed by atoms with Gasteiger partial charge in [0, 0.05) is 0 Å². The molecule has 0 rings (SSSR count). The van der Waals surface area contributed by atoms with E-state index >= 15 is 0 Å². The first kappa shape index (κ1) is 36.0. The molecule has 0 heteroatoms. The molecule has 0 bridgehead atoms. The zero-order valence-electron chi connectivity index (χ0n) is 25.9. The van der Waals surface area contributed by atoms with Crippen molar-refractivity contribution in [1.82, 2.24) is 0 Å². The van der Waals surface area contributed by atoms with Crippen molar-refractivity contribution >= 4 is 0 Å². The SMILES string of the molecule is [CH2]CCCC(CCCCCCCCCCCCCC)CCCCCCCCCCCCCCCCC. The summed E-state index contributed by atoms with van der Waals surface area (Å²) in [5.41, 5.74) is 0. The van der Waals surface area contributed by atoms with Crippen molar-refractivity contribution in [2.45, 2.75) is 219 Å². The van der Waals surface area contributed by atoms with Crippen LogP contribution >= 0.6 is 0 Å². The number of unbranched alkanes of at least 4 members (excludes halogenated alkanes) is 26. The third-order valence-corrected chi connectivity index (χ3v) is 8.54. The largest absolute Gasteiger partial charge is 0.0654 e. The summed E-state index contributed by atoms with van der Waals surface area (Å²) in [6.45, 7) is 8.72. The first-order valence-corrected chi connectivity index (χ1v) is 17.6. The van der Waals surface area contributed by atoms with Crippen LogP contribution in [0.1, 0.15) is 219 Å². The minimum Gasteiger partial charge on any atom is -0.0654 e. The average molecular weight is 506 g/mol. The molecule has 0 saturated heterocycles. The second-order valence-corrected chi connectivity index (χ2v) is 12.3. The van der Waals surface area contributed by atoms with Gasteiger partial charge in [0.2, 0.25) is 0 Å². The fourth-order valence-corrected chi connectivity index (χ4v) is 5.94. The molecule has 0 saturated carbocycles. The zero-order valence-corrected chi connectivity index (χ0v) is 25.9. The van der Waals surface area contributed by atoms with Gasteiger partial charge in [0.15, 0.2) is 0 Å².